The van der Waals surface area contributed by atoms with Crippen molar-refractivity contribution >= 4 is 5.91 Å². The number of hydrogen-bond donors (Lipinski definition) is 0. The topological polar surface area (TPSA) is 36.4 Å². The Balaban J connectivity index is 1.79. The molecule has 0 spiro atoms. The SMILES string of the molecule is CC1CN2CCCC2CN1C(=O)c1cccc(F)n1. The third-order valence-electron chi connectivity index (χ3n) is 4.13. The fourth-order valence-corrected chi connectivity index (χ4v) is 3.14. The lowest BCUT2D eigenvalue weighted by molar-refractivity contribution is 0.0389. The van der Waals surface area contributed by atoms with Crippen LogP contribution in [0.3, 0.4) is 0 Å². The molecule has 102 valence electrons. The van der Waals surface area contributed by atoms with Gasteiger partial charge in [-0.05, 0) is 38.4 Å². The number of hydrogen-bond acceptors (Lipinski definition) is 3. The van der Waals surface area contributed by atoms with Crippen molar-refractivity contribution in [3.8, 4) is 0 Å². The normalized spacial score (nSPS) is 27.4. The standard InChI is InChI=1S/C14H18FN3O/c1-10-8-17-7-3-4-11(17)9-18(10)14(19)12-5-2-6-13(15)16-12/h2,5-6,10-11H,3-4,7-9H2,1H3. The maximum atomic E-state index is 13.1. The smallest absolute Gasteiger partial charge is 0.272 e. The van der Waals surface area contributed by atoms with Crippen LogP contribution < -0.4 is 0 Å². The molecule has 2 aliphatic rings. The van der Waals surface area contributed by atoms with Crippen LogP contribution in [0.25, 0.3) is 0 Å². The van der Waals surface area contributed by atoms with E-state index in [1.54, 1.807) is 6.07 Å². The zero-order valence-corrected chi connectivity index (χ0v) is 11.1. The first-order chi connectivity index (χ1) is 9.15. The first-order valence-corrected chi connectivity index (χ1v) is 6.83. The second-order valence-electron chi connectivity index (χ2n) is 5.44. The van der Waals surface area contributed by atoms with E-state index in [-0.39, 0.29) is 17.6 Å². The zero-order valence-electron chi connectivity index (χ0n) is 11.1. The molecule has 1 aromatic heterocycles. The highest BCUT2D eigenvalue weighted by Crippen LogP contribution is 2.25. The molecule has 2 unspecified atom stereocenters. The van der Waals surface area contributed by atoms with Gasteiger partial charge in [-0.1, -0.05) is 6.07 Å². The number of nitrogens with zero attached hydrogens (tertiary/aromatic N) is 3. The second-order valence-corrected chi connectivity index (χ2v) is 5.44. The highest BCUT2D eigenvalue weighted by atomic mass is 19.1. The summed E-state index contributed by atoms with van der Waals surface area (Å²) in [6.07, 6.45) is 2.35. The average molecular weight is 263 g/mol. The van der Waals surface area contributed by atoms with Gasteiger partial charge in [-0.2, -0.15) is 4.39 Å². The Labute approximate surface area is 112 Å². The van der Waals surface area contributed by atoms with Crippen molar-refractivity contribution in [2.75, 3.05) is 19.6 Å². The molecule has 2 aliphatic heterocycles. The van der Waals surface area contributed by atoms with Crippen LogP contribution in [0.2, 0.25) is 0 Å². The summed E-state index contributed by atoms with van der Waals surface area (Å²) >= 11 is 0. The van der Waals surface area contributed by atoms with Crippen LogP contribution in [-0.2, 0) is 0 Å². The fraction of sp³-hybridized carbons (Fsp3) is 0.571. The predicted octanol–water partition coefficient (Wildman–Crippen LogP) is 1.53. The molecule has 0 N–H and O–H groups in total. The Bertz CT molecular complexity index is 493. The first-order valence-electron chi connectivity index (χ1n) is 6.83. The van der Waals surface area contributed by atoms with Crippen molar-refractivity contribution in [3.63, 3.8) is 0 Å². The van der Waals surface area contributed by atoms with E-state index in [0.717, 1.165) is 26.1 Å². The van der Waals surface area contributed by atoms with E-state index in [2.05, 4.69) is 9.88 Å². The number of halogens is 1. The van der Waals surface area contributed by atoms with Crippen LogP contribution in [0.5, 0.6) is 0 Å². The van der Waals surface area contributed by atoms with E-state index in [4.69, 9.17) is 0 Å². The number of rotatable bonds is 1. The number of carbonyl (C=O) groups is 1. The molecule has 0 bridgehead atoms. The summed E-state index contributed by atoms with van der Waals surface area (Å²) in [6.45, 7) is 4.82. The molecule has 2 atom stereocenters. The Morgan fingerprint density at radius 3 is 3.05 bits per heavy atom. The van der Waals surface area contributed by atoms with Gasteiger partial charge in [0.05, 0.1) is 0 Å². The molecule has 0 radical (unpaired) electrons. The van der Waals surface area contributed by atoms with E-state index < -0.39 is 5.95 Å². The van der Waals surface area contributed by atoms with Crippen molar-refractivity contribution in [1.82, 2.24) is 14.8 Å². The Hall–Kier alpha value is -1.49. The van der Waals surface area contributed by atoms with Crippen molar-refractivity contribution < 1.29 is 9.18 Å². The average Bonchev–Trinajstić information content (AvgIpc) is 2.84. The number of pyridine rings is 1. The number of fused-ring (bicyclic) bond motifs is 1. The van der Waals surface area contributed by atoms with Crippen molar-refractivity contribution in [2.24, 2.45) is 0 Å². The minimum atomic E-state index is -0.599. The zero-order chi connectivity index (χ0) is 13.4. The summed E-state index contributed by atoms with van der Waals surface area (Å²) in [5.41, 5.74) is 0.207. The maximum absolute atomic E-state index is 13.1. The molecule has 1 aromatic rings. The molecule has 2 fully saturated rings. The fourth-order valence-electron chi connectivity index (χ4n) is 3.14. The summed E-state index contributed by atoms with van der Waals surface area (Å²) in [5, 5.41) is 0. The maximum Gasteiger partial charge on any atom is 0.272 e. The molecule has 5 heteroatoms. The molecular formula is C14H18FN3O. The second kappa shape index (κ2) is 4.89. The molecule has 4 nitrogen and oxygen atoms in total. The Kier molecular flexibility index (Phi) is 3.22. The van der Waals surface area contributed by atoms with Crippen LogP contribution >= 0.6 is 0 Å². The van der Waals surface area contributed by atoms with E-state index in [9.17, 15) is 9.18 Å². The lowest BCUT2D eigenvalue weighted by Crippen LogP contribution is -2.56. The van der Waals surface area contributed by atoms with Gasteiger partial charge < -0.3 is 4.90 Å². The quantitative estimate of drug-likeness (QED) is 0.721. The van der Waals surface area contributed by atoms with Gasteiger partial charge in [-0.3, -0.25) is 9.69 Å². The molecule has 19 heavy (non-hydrogen) atoms. The molecule has 1 amide bonds. The highest BCUT2D eigenvalue weighted by molar-refractivity contribution is 5.92. The highest BCUT2D eigenvalue weighted by Gasteiger charge is 2.37. The van der Waals surface area contributed by atoms with E-state index in [1.165, 1.54) is 18.6 Å². The van der Waals surface area contributed by atoms with Gasteiger partial charge in [0.25, 0.3) is 5.91 Å². The Morgan fingerprint density at radius 2 is 2.26 bits per heavy atom. The number of amides is 1. The predicted molar refractivity (Wildman–Crippen MR) is 69.3 cm³/mol. The van der Waals surface area contributed by atoms with E-state index in [0.29, 0.717) is 6.04 Å². The molecule has 0 aromatic carbocycles. The van der Waals surface area contributed by atoms with Gasteiger partial charge in [-0.15, -0.1) is 0 Å². The minimum absolute atomic E-state index is 0.154. The summed E-state index contributed by atoms with van der Waals surface area (Å²) in [4.78, 5) is 20.4. The van der Waals surface area contributed by atoms with E-state index in [1.807, 2.05) is 11.8 Å². The number of carbonyl (C=O) groups excluding carboxylic acids is 1. The van der Waals surface area contributed by atoms with Crippen molar-refractivity contribution in [2.45, 2.75) is 31.8 Å². The Morgan fingerprint density at radius 1 is 1.42 bits per heavy atom. The van der Waals surface area contributed by atoms with Gasteiger partial charge in [0, 0.05) is 25.2 Å². The van der Waals surface area contributed by atoms with Gasteiger partial charge in [-0.25, -0.2) is 4.98 Å². The molecule has 3 rings (SSSR count). The van der Waals surface area contributed by atoms with Gasteiger partial charge in [0.1, 0.15) is 5.69 Å². The molecular weight excluding hydrogens is 245 g/mol. The molecule has 3 heterocycles. The van der Waals surface area contributed by atoms with E-state index >= 15 is 0 Å². The summed E-state index contributed by atoms with van der Waals surface area (Å²) in [7, 11) is 0. The van der Waals surface area contributed by atoms with Gasteiger partial charge >= 0.3 is 0 Å². The van der Waals surface area contributed by atoms with Crippen LogP contribution in [0.4, 0.5) is 4.39 Å². The van der Waals surface area contributed by atoms with Crippen LogP contribution in [-0.4, -0.2) is 52.4 Å². The third-order valence-corrected chi connectivity index (χ3v) is 4.13. The number of piperazine rings is 1. The first kappa shape index (κ1) is 12.5. The van der Waals surface area contributed by atoms with Crippen LogP contribution in [0.15, 0.2) is 18.2 Å². The van der Waals surface area contributed by atoms with Crippen molar-refractivity contribution in [1.29, 1.82) is 0 Å². The summed E-state index contributed by atoms with van der Waals surface area (Å²) < 4.78 is 13.1. The lowest BCUT2D eigenvalue weighted by Gasteiger charge is -2.42. The van der Waals surface area contributed by atoms with Crippen molar-refractivity contribution in [3.05, 3.63) is 29.8 Å². The largest absolute Gasteiger partial charge is 0.332 e. The molecule has 2 saturated heterocycles. The van der Waals surface area contributed by atoms with Gasteiger partial charge in [0.15, 0.2) is 0 Å². The lowest BCUT2D eigenvalue weighted by atomic mass is 10.1. The summed E-state index contributed by atoms with van der Waals surface area (Å²) in [6, 6.07) is 5.00. The third kappa shape index (κ3) is 2.34. The van der Waals surface area contributed by atoms with Crippen LogP contribution in [0, 0.1) is 5.95 Å². The number of aromatic nitrogens is 1. The monoisotopic (exact) mass is 263 g/mol. The summed E-state index contributed by atoms with van der Waals surface area (Å²) in [5.74, 6) is -0.753. The van der Waals surface area contributed by atoms with Crippen LogP contribution in [0.1, 0.15) is 30.3 Å². The minimum Gasteiger partial charge on any atom is -0.332 e. The molecule has 0 saturated carbocycles. The van der Waals surface area contributed by atoms with Gasteiger partial charge in [0.2, 0.25) is 5.95 Å². The molecule has 0 aliphatic carbocycles.